The first-order chi connectivity index (χ1) is 9.12. The number of aryl methyl sites for hydroxylation is 2. The molecule has 1 nitrogen and oxygen atoms in total. The van der Waals surface area contributed by atoms with Gasteiger partial charge in [-0.1, -0.05) is 33.3 Å². The molecule has 2 heteroatoms. The van der Waals surface area contributed by atoms with Gasteiger partial charge in [-0.25, -0.2) is 0 Å². The minimum atomic E-state index is 0.631. The molecule has 0 aliphatic carbocycles. The van der Waals surface area contributed by atoms with Crippen molar-refractivity contribution in [3.05, 3.63) is 29.3 Å². The number of benzene rings is 1. The van der Waals surface area contributed by atoms with Crippen LogP contribution in [0, 0.1) is 13.8 Å². The molecule has 1 rings (SSSR count). The topological polar surface area (TPSA) is 12.0 Å². The number of hydrogen-bond acceptors (Lipinski definition) is 2. The summed E-state index contributed by atoms with van der Waals surface area (Å²) in [5.74, 6) is 0. The summed E-state index contributed by atoms with van der Waals surface area (Å²) < 4.78 is 0. The summed E-state index contributed by atoms with van der Waals surface area (Å²) in [5, 5.41) is 4.33. The highest BCUT2D eigenvalue weighted by atomic mass is 32.2. The van der Waals surface area contributed by atoms with Crippen LogP contribution in [-0.4, -0.2) is 17.8 Å². The summed E-state index contributed by atoms with van der Waals surface area (Å²) in [6, 6.07) is 7.47. The van der Waals surface area contributed by atoms with E-state index in [1.54, 1.807) is 0 Å². The summed E-state index contributed by atoms with van der Waals surface area (Å²) in [5.41, 5.74) is 2.78. The largest absolute Gasteiger partial charge is 0.313 e. The lowest BCUT2D eigenvalue weighted by Crippen LogP contribution is -2.37. The van der Waals surface area contributed by atoms with Crippen molar-refractivity contribution in [3.8, 4) is 0 Å². The van der Waals surface area contributed by atoms with Crippen molar-refractivity contribution in [2.24, 2.45) is 0 Å². The molecule has 0 aliphatic heterocycles. The fourth-order valence-corrected chi connectivity index (χ4v) is 3.71. The lowest BCUT2D eigenvalue weighted by atomic mass is 10.1. The molecule has 0 fully saturated rings. The standard InChI is InChI=1S/C17H29NS/c1-6-9-16(18-8-3)17(7-2)19-15-11-10-13(4)14(5)12-15/h10-12,16-18H,6-9H2,1-5H3. The molecule has 0 amide bonds. The zero-order valence-corrected chi connectivity index (χ0v) is 13.9. The molecule has 0 spiro atoms. The van der Waals surface area contributed by atoms with Crippen LogP contribution >= 0.6 is 11.8 Å². The quantitative estimate of drug-likeness (QED) is 0.676. The highest BCUT2D eigenvalue weighted by molar-refractivity contribution is 8.00. The Balaban J connectivity index is 2.75. The summed E-state index contributed by atoms with van der Waals surface area (Å²) in [6.45, 7) is 12.2. The van der Waals surface area contributed by atoms with Crippen molar-refractivity contribution in [1.29, 1.82) is 0 Å². The van der Waals surface area contributed by atoms with Gasteiger partial charge in [0.2, 0.25) is 0 Å². The molecule has 0 heterocycles. The minimum Gasteiger partial charge on any atom is -0.313 e. The average molecular weight is 279 g/mol. The molecule has 0 bridgehead atoms. The Morgan fingerprint density at radius 3 is 2.37 bits per heavy atom. The summed E-state index contributed by atoms with van der Waals surface area (Å²) >= 11 is 2.04. The Labute approximate surface area is 123 Å². The molecule has 19 heavy (non-hydrogen) atoms. The second kappa shape index (κ2) is 8.65. The molecule has 2 atom stereocenters. The second-order valence-electron chi connectivity index (χ2n) is 5.26. The van der Waals surface area contributed by atoms with E-state index >= 15 is 0 Å². The number of rotatable bonds is 8. The van der Waals surface area contributed by atoms with Crippen molar-refractivity contribution >= 4 is 11.8 Å². The number of thioether (sulfide) groups is 1. The van der Waals surface area contributed by atoms with Gasteiger partial charge in [-0.05, 0) is 56.5 Å². The van der Waals surface area contributed by atoms with Crippen LogP contribution in [0.3, 0.4) is 0 Å². The molecule has 1 aromatic rings. The van der Waals surface area contributed by atoms with E-state index in [0.717, 1.165) is 6.54 Å². The highest BCUT2D eigenvalue weighted by Gasteiger charge is 2.19. The lowest BCUT2D eigenvalue weighted by Gasteiger charge is -2.26. The number of hydrogen-bond donors (Lipinski definition) is 1. The van der Waals surface area contributed by atoms with Crippen molar-refractivity contribution in [2.75, 3.05) is 6.54 Å². The summed E-state index contributed by atoms with van der Waals surface area (Å²) in [6.07, 6.45) is 3.74. The van der Waals surface area contributed by atoms with Gasteiger partial charge in [0, 0.05) is 16.2 Å². The van der Waals surface area contributed by atoms with Gasteiger partial charge in [0.05, 0.1) is 0 Å². The average Bonchev–Trinajstić information content (AvgIpc) is 2.40. The lowest BCUT2D eigenvalue weighted by molar-refractivity contribution is 0.465. The Morgan fingerprint density at radius 1 is 1.11 bits per heavy atom. The number of nitrogens with one attached hydrogen (secondary N) is 1. The normalized spacial score (nSPS) is 14.4. The molecule has 2 unspecified atom stereocenters. The molecule has 1 aromatic carbocycles. The zero-order valence-electron chi connectivity index (χ0n) is 13.1. The smallest absolute Gasteiger partial charge is 0.0245 e. The van der Waals surface area contributed by atoms with Gasteiger partial charge in [-0.3, -0.25) is 0 Å². The fourth-order valence-electron chi connectivity index (χ4n) is 2.40. The first-order valence-corrected chi connectivity index (χ1v) is 8.47. The molecule has 0 aliphatic rings. The third-order valence-corrected chi connectivity index (χ3v) is 5.17. The SMILES string of the molecule is CCCC(NCC)C(CC)Sc1ccc(C)c(C)c1. The zero-order chi connectivity index (χ0) is 14.3. The third-order valence-electron chi connectivity index (χ3n) is 3.68. The van der Waals surface area contributed by atoms with E-state index < -0.39 is 0 Å². The first kappa shape index (κ1) is 16.6. The predicted molar refractivity (Wildman–Crippen MR) is 88.2 cm³/mol. The fraction of sp³-hybridized carbons (Fsp3) is 0.647. The van der Waals surface area contributed by atoms with Crippen LogP contribution in [0.15, 0.2) is 23.1 Å². The van der Waals surface area contributed by atoms with E-state index in [9.17, 15) is 0 Å². The Hall–Kier alpha value is -0.470. The van der Waals surface area contributed by atoms with E-state index in [1.807, 2.05) is 11.8 Å². The maximum atomic E-state index is 3.66. The Kier molecular flexibility index (Phi) is 7.55. The van der Waals surface area contributed by atoms with Crippen LogP contribution in [0.4, 0.5) is 0 Å². The van der Waals surface area contributed by atoms with Gasteiger partial charge < -0.3 is 5.32 Å². The second-order valence-corrected chi connectivity index (χ2v) is 6.58. The van der Waals surface area contributed by atoms with Gasteiger partial charge in [0.25, 0.3) is 0 Å². The molecule has 0 aromatic heterocycles. The van der Waals surface area contributed by atoms with Gasteiger partial charge >= 0.3 is 0 Å². The molecule has 0 saturated heterocycles. The van der Waals surface area contributed by atoms with Crippen LogP contribution in [0.25, 0.3) is 0 Å². The van der Waals surface area contributed by atoms with Gasteiger partial charge in [-0.15, -0.1) is 11.8 Å². The third kappa shape index (κ3) is 5.19. The van der Waals surface area contributed by atoms with Gasteiger partial charge in [0.15, 0.2) is 0 Å². The maximum Gasteiger partial charge on any atom is 0.0245 e. The van der Waals surface area contributed by atoms with Crippen molar-refractivity contribution in [1.82, 2.24) is 5.32 Å². The monoisotopic (exact) mass is 279 g/mol. The minimum absolute atomic E-state index is 0.631. The van der Waals surface area contributed by atoms with Crippen LogP contribution in [0.1, 0.15) is 51.2 Å². The Morgan fingerprint density at radius 2 is 1.84 bits per heavy atom. The highest BCUT2D eigenvalue weighted by Crippen LogP contribution is 2.30. The predicted octanol–water partition coefficient (Wildman–Crippen LogP) is 4.95. The van der Waals surface area contributed by atoms with Gasteiger partial charge in [0.1, 0.15) is 0 Å². The van der Waals surface area contributed by atoms with E-state index in [2.05, 4.69) is 58.1 Å². The van der Waals surface area contributed by atoms with Crippen LogP contribution in [0.5, 0.6) is 0 Å². The molecular weight excluding hydrogens is 250 g/mol. The molecule has 108 valence electrons. The van der Waals surface area contributed by atoms with Gasteiger partial charge in [-0.2, -0.15) is 0 Å². The van der Waals surface area contributed by atoms with E-state index in [1.165, 1.54) is 35.3 Å². The first-order valence-electron chi connectivity index (χ1n) is 7.59. The van der Waals surface area contributed by atoms with Crippen LogP contribution in [0.2, 0.25) is 0 Å². The summed E-state index contributed by atoms with van der Waals surface area (Å²) in [4.78, 5) is 1.41. The Bertz CT molecular complexity index is 370. The van der Waals surface area contributed by atoms with Crippen molar-refractivity contribution in [2.45, 2.75) is 70.1 Å². The van der Waals surface area contributed by atoms with Crippen LogP contribution in [-0.2, 0) is 0 Å². The van der Waals surface area contributed by atoms with Crippen LogP contribution < -0.4 is 5.32 Å². The maximum absolute atomic E-state index is 3.66. The molecule has 1 N–H and O–H groups in total. The molecular formula is C17H29NS. The van der Waals surface area contributed by atoms with Crippen molar-refractivity contribution < 1.29 is 0 Å². The molecule has 0 saturated carbocycles. The van der Waals surface area contributed by atoms with E-state index in [0.29, 0.717) is 11.3 Å². The van der Waals surface area contributed by atoms with E-state index in [4.69, 9.17) is 0 Å². The van der Waals surface area contributed by atoms with Crippen molar-refractivity contribution in [3.63, 3.8) is 0 Å². The molecule has 0 radical (unpaired) electrons. The summed E-state index contributed by atoms with van der Waals surface area (Å²) in [7, 11) is 0. The van der Waals surface area contributed by atoms with E-state index in [-0.39, 0.29) is 0 Å².